The maximum Gasteiger partial charge on any atom is 0.335 e. The Bertz CT molecular complexity index is 965. The van der Waals surface area contributed by atoms with Gasteiger partial charge in [0.05, 0.1) is 21.7 Å². The van der Waals surface area contributed by atoms with Gasteiger partial charge in [0, 0.05) is 30.9 Å². The minimum Gasteiger partial charge on any atom is -0.478 e. The highest BCUT2D eigenvalue weighted by molar-refractivity contribution is 6.09. The highest BCUT2D eigenvalue weighted by Crippen LogP contribution is 2.30. The minimum atomic E-state index is -1.05. The van der Waals surface area contributed by atoms with E-state index in [4.69, 9.17) is 5.11 Å². The van der Waals surface area contributed by atoms with Gasteiger partial charge in [-0.2, -0.15) is 0 Å². The van der Waals surface area contributed by atoms with Crippen molar-refractivity contribution >= 4 is 28.9 Å². The van der Waals surface area contributed by atoms with Crippen LogP contribution in [0.2, 0.25) is 0 Å². The predicted octanol–water partition coefficient (Wildman–Crippen LogP) is 4.09. The number of carboxylic acid groups (broad SMARTS) is 1. The molecule has 0 radical (unpaired) electrons. The largest absolute Gasteiger partial charge is 0.478 e. The smallest absolute Gasteiger partial charge is 0.335 e. The molecule has 1 aliphatic heterocycles. The molecule has 1 aliphatic rings. The lowest BCUT2D eigenvalue weighted by atomic mass is 9.97. The lowest BCUT2D eigenvalue weighted by molar-refractivity contribution is -0.384. The van der Waals surface area contributed by atoms with Crippen LogP contribution in [0.15, 0.2) is 36.4 Å². The Morgan fingerprint density at radius 3 is 2.45 bits per heavy atom. The molecule has 2 N–H and O–H groups in total. The maximum absolute atomic E-state index is 13.0. The lowest BCUT2D eigenvalue weighted by Crippen LogP contribution is -2.34. The van der Waals surface area contributed by atoms with Crippen LogP contribution in [-0.4, -0.2) is 35.0 Å². The summed E-state index contributed by atoms with van der Waals surface area (Å²) in [6.07, 6.45) is 1.99. The first-order valence-corrected chi connectivity index (χ1v) is 9.45. The number of non-ortho nitro benzene ring substituents is 1. The van der Waals surface area contributed by atoms with E-state index in [1.165, 1.54) is 30.3 Å². The average molecular weight is 397 g/mol. The third-order valence-electron chi connectivity index (χ3n) is 5.28. The number of aryl methyl sites for hydroxylation is 1. The Balaban J connectivity index is 1.93. The molecule has 29 heavy (non-hydrogen) atoms. The van der Waals surface area contributed by atoms with Crippen LogP contribution in [0.3, 0.4) is 0 Å². The van der Waals surface area contributed by atoms with Crippen LogP contribution in [0.5, 0.6) is 0 Å². The number of benzene rings is 2. The molecule has 2 aromatic carbocycles. The molecule has 8 nitrogen and oxygen atoms in total. The fourth-order valence-corrected chi connectivity index (χ4v) is 3.47. The normalized spacial score (nSPS) is 14.5. The predicted molar refractivity (Wildman–Crippen MR) is 110 cm³/mol. The van der Waals surface area contributed by atoms with Crippen molar-refractivity contribution in [1.82, 2.24) is 0 Å². The van der Waals surface area contributed by atoms with Gasteiger partial charge in [-0.15, -0.1) is 0 Å². The molecule has 1 saturated heterocycles. The first kappa shape index (κ1) is 20.3. The number of carboxylic acids is 1. The molecule has 8 heteroatoms. The first-order valence-electron chi connectivity index (χ1n) is 9.45. The van der Waals surface area contributed by atoms with E-state index < -0.39 is 16.8 Å². The van der Waals surface area contributed by atoms with Crippen LogP contribution in [0, 0.1) is 23.0 Å². The van der Waals surface area contributed by atoms with Crippen molar-refractivity contribution in [2.45, 2.75) is 26.7 Å². The molecule has 0 spiro atoms. The summed E-state index contributed by atoms with van der Waals surface area (Å²) < 4.78 is 0. The van der Waals surface area contributed by atoms with Gasteiger partial charge in [0.2, 0.25) is 0 Å². The number of aromatic carboxylic acids is 1. The minimum absolute atomic E-state index is 0.124. The number of nitrogens with zero attached hydrogens (tertiary/aromatic N) is 2. The molecule has 1 amide bonds. The highest BCUT2D eigenvalue weighted by Gasteiger charge is 2.24. The summed E-state index contributed by atoms with van der Waals surface area (Å²) in [4.78, 5) is 36.9. The second-order valence-corrected chi connectivity index (χ2v) is 7.42. The summed E-state index contributed by atoms with van der Waals surface area (Å²) in [5, 5.41) is 23.1. The van der Waals surface area contributed by atoms with Crippen LogP contribution in [0.25, 0.3) is 0 Å². The summed E-state index contributed by atoms with van der Waals surface area (Å²) >= 11 is 0. The maximum atomic E-state index is 13.0. The Kier molecular flexibility index (Phi) is 5.81. The Hall–Kier alpha value is -3.42. The van der Waals surface area contributed by atoms with E-state index in [2.05, 4.69) is 17.1 Å². The van der Waals surface area contributed by atoms with Gasteiger partial charge >= 0.3 is 5.97 Å². The second kappa shape index (κ2) is 8.30. The second-order valence-electron chi connectivity index (χ2n) is 7.42. The molecular formula is C21H23N3O5. The van der Waals surface area contributed by atoms with Crippen molar-refractivity contribution in [1.29, 1.82) is 0 Å². The van der Waals surface area contributed by atoms with E-state index in [-0.39, 0.29) is 16.8 Å². The number of amides is 1. The van der Waals surface area contributed by atoms with Crippen LogP contribution in [0.1, 0.15) is 46.0 Å². The summed E-state index contributed by atoms with van der Waals surface area (Å²) in [7, 11) is 0. The number of carbonyl (C=O) groups excluding carboxylic acids is 1. The van der Waals surface area contributed by atoms with E-state index in [0.29, 0.717) is 22.9 Å². The number of piperidine rings is 1. The van der Waals surface area contributed by atoms with E-state index >= 15 is 0 Å². The van der Waals surface area contributed by atoms with E-state index in [1.54, 1.807) is 13.0 Å². The molecule has 1 heterocycles. The van der Waals surface area contributed by atoms with E-state index in [9.17, 15) is 19.7 Å². The summed E-state index contributed by atoms with van der Waals surface area (Å²) in [5.74, 6) is -0.906. The fourth-order valence-electron chi connectivity index (χ4n) is 3.47. The Labute approximate surface area is 168 Å². The summed E-state index contributed by atoms with van der Waals surface area (Å²) in [6.45, 7) is 5.45. The van der Waals surface area contributed by atoms with Crippen LogP contribution < -0.4 is 10.2 Å². The summed E-state index contributed by atoms with van der Waals surface area (Å²) in [6, 6.07) is 8.74. The molecule has 0 atom stereocenters. The van der Waals surface area contributed by atoms with Crippen molar-refractivity contribution in [3.05, 3.63) is 63.2 Å². The number of nitro groups is 1. The van der Waals surface area contributed by atoms with E-state index in [1.807, 2.05) is 0 Å². The number of carbonyl (C=O) groups is 2. The molecule has 1 fully saturated rings. The molecule has 0 aliphatic carbocycles. The van der Waals surface area contributed by atoms with Gasteiger partial charge in [-0.05, 0) is 55.5 Å². The van der Waals surface area contributed by atoms with Gasteiger partial charge in [-0.3, -0.25) is 14.9 Å². The average Bonchev–Trinajstić information content (AvgIpc) is 2.69. The zero-order chi connectivity index (χ0) is 21.1. The van der Waals surface area contributed by atoms with Gasteiger partial charge in [-0.1, -0.05) is 6.92 Å². The monoisotopic (exact) mass is 397 g/mol. The van der Waals surface area contributed by atoms with Crippen LogP contribution in [-0.2, 0) is 0 Å². The molecule has 152 valence electrons. The van der Waals surface area contributed by atoms with Gasteiger partial charge in [0.25, 0.3) is 11.6 Å². The molecular weight excluding hydrogens is 374 g/mol. The molecule has 0 aromatic heterocycles. The molecule has 0 unspecified atom stereocenters. The first-order chi connectivity index (χ1) is 13.8. The molecule has 0 saturated carbocycles. The van der Waals surface area contributed by atoms with Crippen LogP contribution >= 0.6 is 0 Å². The number of nitro benzene ring substituents is 1. The zero-order valence-corrected chi connectivity index (χ0v) is 16.3. The SMILES string of the molecule is Cc1cc(C(=O)O)ccc1NC(=O)c1cc([N+](=O)[O-])ccc1N1CCC(C)CC1. The van der Waals surface area contributed by atoms with Gasteiger partial charge in [0.15, 0.2) is 0 Å². The topological polar surface area (TPSA) is 113 Å². The zero-order valence-electron chi connectivity index (χ0n) is 16.3. The number of hydrogen-bond acceptors (Lipinski definition) is 5. The van der Waals surface area contributed by atoms with Crippen molar-refractivity contribution < 1.29 is 19.6 Å². The van der Waals surface area contributed by atoms with Crippen molar-refractivity contribution in [2.24, 2.45) is 5.92 Å². The third kappa shape index (κ3) is 4.53. The third-order valence-corrected chi connectivity index (χ3v) is 5.28. The van der Waals surface area contributed by atoms with Crippen molar-refractivity contribution in [3.63, 3.8) is 0 Å². The fraction of sp³-hybridized carbons (Fsp3) is 0.333. The van der Waals surface area contributed by atoms with Crippen molar-refractivity contribution in [3.8, 4) is 0 Å². The molecule has 2 aromatic rings. The van der Waals surface area contributed by atoms with Gasteiger partial charge < -0.3 is 15.3 Å². The van der Waals surface area contributed by atoms with Gasteiger partial charge in [0.1, 0.15) is 0 Å². The van der Waals surface area contributed by atoms with Crippen LogP contribution in [0.4, 0.5) is 17.1 Å². The Morgan fingerprint density at radius 2 is 1.86 bits per heavy atom. The quantitative estimate of drug-likeness (QED) is 0.580. The number of rotatable bonds is 5. The number of nitrogens with one attached hydrogen (secondary N) is 1. The lowest BCUT2D eigenvalue weighted by Gasteiger charge is -2.33. The highest BCUT2D eigenvalue weighted by atomic mass is 16.6. The van der Waals surface area contributed by atoms with Crippen molar-refractivity contribution in [2.75, 3.05) is 23.3 Å². The van der Waals surface area contributed by atoms with E-state index in [0.717, 1.165) is 25.9 Å². The molecule has 0 bridgehead atoms. The standard InChI is InChI=1S/C21H23N3O5/c1-13-7-9-23(10-8-13)19-6-4-16(24(28)29)12-17(19)20(25)22-18-5-3-15(21(26)27)11-14(18)2/h3-6,11-13H,7-10H2,1-2H3,(H,22,25)(H,26,27). The summed E-state index contributed by atoms with van der Waals surface area (Å²) in [5.41, 5.74) is 1.93. The number of hydrogen-bond donors (Lipinski definition) is 2. The number of anilines is 2. The van der Waals surface area contributed by atoms with Gasteiger partial charge in [-0.25, -0.2) is 4.79 Å². The Morgan fingerprint density at radius 1 is 1.17 bits per heavy atom. The molecule has 3 rings (SSSR count).